The zero-order valence-corrected chi connectivity index (χ0v) is 20.1. The van der Waals surface area contributed by atoms with Gasteiger partial charge in [0.15, 0.2) is 0 Å². The highest BCUT2D eigenvalue weighted by Gasteiger charge is 2.28. The number of carbonyl (C=O) groups is 1. The Morgan fingerprint density at radius 1 is 1.09 bits per heavy atom. The molecule has 1 amide bonds. The minimum absolute atomic E-state index is 0.0776. The van der Waals surface area contributed by atoms with Crippen molar-refractivity contribution in [1.82, 2.24) is 9.47 Å². The maximum absolute atomic E-state index is 13.5. The largest absolute Gasteiger partial charge is 0.366 e. The summed E-state index contributed by atoms with van der Waals surface area (Å²) in [5.74, 6) is 1.03. The van der Waals surface area contributed by atoms with Crippen molar-refractivity contribution in [2.45, 2.75) is 13.0 Å². The summed E-state index contributed by atoms with van der Waals surface area (Å²) in [6.45, 7) is 2.53. The maximum Gasteiger partial charge on any atom is 0.271 e. The van der Waals surface area contributed by atoms with Crippen molar-refractivity contribution in [3.8, 4) is 6.07 Å². The van der Waals surface area contributed by atoms with Gasteiger partial charge in [0.05, 0.1) is 22.7 Å². The van der Waals surface area contributed by atoms with Gasteiger partial charge in [-0.2, -0.15) is 5.26 Å². The number of amides is 1. The van der Waals surface area contributed by atoms with Gasteiger partial charge in [0.1, 0.15) is 11.6 Å². The fourth-order valence-corrected chi connectivity index (χ4v) is 5.74. The number of rotatable bonds is 4. The van der Waals surface area contributed by atoms with E-state index >= 15 is 0 Å². The highest BCUT2D eigenvalue weighted by molar-refractivity contribution is 8.04. The molecule has 3 aromatic rings. The van der Waals surface area contributed by atoms with Crippen LogP contribution in [-0.4, -0.2) is 47.3 Å². The topological polar surface area (TPSA) is 69.3 Å². The molecule has 0 N–H and O–H groups in total. The highest BCUT2D eigenvalue weighted by Crippen LogP contribution is 2.33. The molecule has 6 nitrogen and oxygen atoms in total. The molecule has 34 heavy (non-hydrogen) atoms. The molecule has 2 aliphatic rings. The fraction of sp³-hybridized carbons (Fsp3) is 0.269. The summed E-state index contributed by atoms with van der Waals surface area (Å²) in [6.07, 6.45) is 2.94. The van der Waals surface area contributed by atoms with Crippen molar-refractivity contribution in [2.24, 2.45) is 0 Å². The SMILES string of the molecule is N#Cc1c(N2CCN(C(=O)C3=CCCS3)CC2)c2cc(Cl)ccc2n(Cc2ccccc2)c1=O. The van der Waals surface area contributed by atoms with Crippen LogP contribution in [0, 0.1) is 11.3 Å². The fourth-order valence-electron chi connectivity index (χ4n) is 4.62. The predicted molar refractivity (Wildman–Crippen MR) is 137 cm³/mol. The van der Waals surface area contributed by atoms with Crippen LogP contribution in [0.3, 0.4) is 0 Å². The molecule has 0 spiro atoms. The Morgan fingerprint density at radius 2 is 1.85 bits per heavy atom. The Bertz CT molecular complexity index is 1390. The summed E-state index contributed by atoms with van der Waals surface area (Å²) in [5, 5.41) is 11.4. The highest BCUT2D eigenvalue weighted by atomic mass is 35.5. The summed E-state index contributed by atoms with van der Waals surface area (Å²) < 4.78 is 1.65. The quantitative estimate of drug-likeness (QED) is 0.547. The molecule has 8 heteroatoms. The van der Waals surface area contributed by atoms with E-state index in [1.165, 1.54) is 0 Å². The molecule has 0 saturated carbocycles. The lowest BCUT2D eigenvalue weighted by atomic mass is 10.1. The maximum atomic E-state index is 13.5. The minimum Gasteiger partial charge on any atom is -0.366 e. The molecule has 0 aliphatic carbocycles. The number of hydrogen-bond acceptors (Lipinski definition) is 5. The summed E-state index contributed by atoms with van der Waals surface area (Å²) in [7, 11) is 0. The van der Waals surface area contributed by atoms with Crippen LogP contribution in [0.1, 0.15) is 17.5 Å². The van der Waals surface area contributed by atoms with Gasteiger partial charge in [0.25, 0.3) is 11.5 Å². The molecule has 1 saturated heterocycles. The second-order valence-corrected chi connectivity index (χ2v) is 9.93. The number of allylic oxidation sites excluding steroid dienone is 1. The van der Waals surface area contributed by atoms with Crippen molar-refractivity contribution < 1.29 is 4.79 Å². The van der Waals surface area contributed by atoms with Gasteiger partial charge in [-0.15, -0.1) is 11.8 Å². The Hall–Kier alpha value is -3.21. The summed E-state index contributed by atoms with van der Waals surface area (Å²) in [5.41, 5.74) is 2.11. The molecular formula is C26H23ClN4O2S. The van der Waals surface area contributed by atoms with Crippen LogP contribution >= 0.6 is 23.4 Å². The van der Waals surface area contributed by atoms with E-state index in [1.807, 2.05) is 58.3 Å². The third kappa shape index (κ3) is 4.20. The molecule has 0 unspecified atom stereocenters. The van der Waals surface area contributed by atoms with Crippen molar-refractivity contribution in [2.75, 3.05) is 36.8 Å². The first-order valence-electron chi connectivity index (χ1n) is 11.2. The van der Waals surface area contributed by atoms with Gasteiger partial charge in [-0.3, -0.25) is 9.59 Å². The van der Waals surface area contributed by atoms with Gasteiger partial charge >= 0.3 is 0 Å². The van der Waals surface area contributed by atoms with Crippen LogP contribution in [-0.2, 0) is 11.3 Å². The lowest BCUT2D eigenvalue weighted by Gasteiger charge is -2.37. The summed E-state index contributed by atoms with van der Waals surface area (Å²) in [4.78, 5) is 31.0. The zero-order chi connectivity index (χ0) is 23.7. The van der Waals surface area contributed by atoms with Crippen LogP contribution in [0.4, 0.5) is 5.69 Å². The van der Waals surface area contributed by atoms with Crippen LogP contribution in [0.2, 0.25) is 5.02 Å². The van der Waals surface area contributed by atoms with Gasteiger partial charge < -0.3 is 14.4 Å². The van der Waals surface area contributed by atoms with Gasteiger partial charge in [-0.05, 0) is 30.2 Å². The molecule has 0 bridgehead atoms. The summed E-state index contributed by atoms with van der Waals surface area (Å²) in [6, 6.07) is 17.3. The molecule has 0 radical (unpaired) electrons. The van der Waals surface area contributed by atoms with E-state index in [4.69, 9.17) is 11.6 Å². The van der Waals surface area contributed by atoms with Crippen LogP contribution in [0.15, 0.2) is 64.3 Å². The first-order chi connectivity index (χ1) is 16.6. The molecular weight excluding hydrogens is 468 g/mol. The zero-order valence-electron chi connectivity index (χ0n) is 18.5. The van der Waals surface area contributed by atoms with Crippen molar-refractivity contribution in [3.05, 3.63) is 86.0 Å². The van der Waals surface area contributed by atoms with E-state index in [9.17, 15) is 14.9 Å². The van der Waals surface area contributed by atoms with E-state index in [1.54, 1.807) is 22.4 Å². The second-order valence-electron chi connectivity index (χ2n) is 8.36. The lowest BCUT2D eigenvalue weighted by molar-refractivity contribution is -0.126. The van der Waals surface area contributed by atoms with E-state index < -0.39 is 0 Å². The molecule has 5 rings (SSSR count). The molecule has 172 valence electrons. The molecule has 1 aromatic heterocycles. The van der Waals surface area contributed by atoms with E-state index in [0.29, 0.717) is 43.4 Å². The number of hydrogen-bond donors (Lipinski definition) is 0. The number of halogens is 1. The number of fused-ring (bicyclic) bond motifs is 1. The number of nitriles is 1. The Balaban J connectivity index is 1.53. The Kier molecular flexibility index (Phi) is 6.36. The Labute approximate surface area is 207 Å². The lowest BCUT2D eigenvalue weighted by Crippen LogP contribution is -2.49. The minimum atomic E-state index is -0.317. The normalized spacial score (nSPS) is 15.9. The Morgan fingerprint density at radius 3 is 2.53 bits per heavy atom. The average molecular weight is 491 g/mol. The van der Waals surface area contributed by atoms with Crippen molar-refractivity contribution in [3.63, 3.8) is 0 Å². The number of carbonyl (C=O) groups excluding carboxylic acids is 1. The number of thioether (sulfide) groups is 1. The first-order valence-corrected chi connectivity index (χ1v) is 12.6. The second kappa shape index (κ2) is 9.57. The number of nitrogens with zero attached hydrogens (tertiary/aromatic N) is 4. The predicted octanol–water partition coefficient (Wildman–Crippen LogP) is 4.24. The monoisotopic (exact) mass is 490 g/mol. The molecule has 0 atom stereocenters. The molecule has 2 aromatic carbocycles. The molecule has 3 heterocycles. The van der Waals surface area contributed by atoms with Crippen molar-refractivity contribution >= 4 is 45.9 Å². The average Bonchev–Trinajstić information content (AvgIpc) is 3.41. The number of aromatic nitrogens is 1. The van der Waals surface area contributed by atoms with Crippen LogP contribution < -0.4 is 10.5 Å². The number of piperazine rings is 1. The number of benzene rings is 2. The smallest absolute Gasteiger partial charge is 0.271 e. The third-order valence-electron chi connectivity index (χ3n) is 6.29. The number of pyridine rings is 1. The van der Waals surface area contributed by atoms with Gasteiger partial charge in [0.2, 0.25) is 0 Å². The standard InChI is InChI=1S/C26H23ClN4O2S/c27-19-8-9-22-20(15-19)24(21(16-28)25(32)31(22)17-18-5-2-1-3-6-18)29-10-12-30(13-11-29)26(33)23-7-4-14-34-23/h1-3,5-9,15H,4,10-14,17H2. The number of anilines is 1. The van der Waals surface area contributed by atoms with E-state index in [2.05, 4.69) is 6.07 Å². The van der Waals surface area contributed by atoms with Gasteiger partial charge in [0, 0.05) is 42.3 Å². The molecule has 1 fully saturated rings. The molecule has 2 aliphatic heterocycles. The van der Waals surface area contributed by atoms with E-state index in [0.717, 1.165) is 33.5 Å². The van der Waals surface area contributed by atoms with Gasteiger partial charge in [-0.1, -0.05) is 48.0 Å². The van der Waals surface area contributed by atoms with E-state index in [-0.39, 0.29) is 17.0 Å². The first kappa shape index (κ1) is 22.6. The summed E-state index contributed by atoms with van der Waals surface area (Å²) >= 11 is 7.97. The third-order valence-corrected chi connectivity index (χ3v) is 7.62. The van der Waals surface area contributed by atoms with Crippen LogP contribution in [0.25, 0.3) is 10.9 Å². The van der Waals surface area contributed by atoms with Crippen LogP contribution in [0.5, 0.6) is 0 Å². The van der Waals surface area contributed by atoms with Crippen molar-refractivity contribution in [1.29, 1.82) is 5.26 Å². The van der Waals surface area contributed by atoms with Gasteiger partial charge in [-0.25, -0.2) is 0 Å².